The summed E-state index contributed by atoms with van der Waals surface area (Å²) in [6, 6.07) is 4.06. The highest BCUT2D eigenvalue weighted by atomic mass is 16.4. The second kappa shape index (κ2) is 5.17. The van der Waals surface area contributed by atoms with Gasteiger partial charge in [0.25, 0.3) is 0 Å². The van der Waals surface area contributed by atoms with Gasteiger partial charge in [0.1, 0.15) is 5.52 Å². The number of fused-ring (bicyclic) bond motifs is 1. The van der Waals surface area contributed by atoms with E-state index in [1.165, 1.54) is 0 Å². The van der Waals surface area contributed by atoms with Gasteiger partial charge in [-0.2, -0.15) is 0 Å². The molecule has 1 aromatic carbocycles. The standard InChI is InChI=1S/C17H21NO3/c1-4-11-7-12(13(8-11)17(19)20)16-18-14-6-9(2)5-10(3)15(14)21-16/h5-6,11-13H,4,7-8H2,1-3H3,(H,19,20). The summed E-state index contributed by atoms with van der Waals surface area (Å²) >= 11 is 0. The first-order valence-corrected chi connectivity index (χ1v) is 7.60. The maximum Gasteiger partial charge on any atom is 0.307 e. The number of rotatable bonds is 3. The van der Waals surface area contributed by atoms with Crippen LogP contribution in [0.5, 0.6) is 0 Å². The van der Waals surface area contributed by atoms with E-state index >= 15 is 0 Å². The van der Waals surface area contributed by atoms with E-state index in [4.69, 9.17) is 4.42 Å². The summed E-state index contributed by atoms with van der Waals surface area (Å²) in [6.45, 7) is 6.15. The zero-order valence-electron chi connectivity index (χ0n) is 12.7. The smallest absolute Gasteiger partial charge is 0.307 e. The van der Waals surface area contributed by atoms with Gasteiger partial charge in [-0.05, 0) is 49.8 Å². The Labute approximate surface area is 124 Å². The molecule has 0 aliphatic heterocycles. The van der Waals surface area contributed by atoms with Crippen LogP contribution in [0.15, 0.2) is 16.5 Å². The van der Waals surface area contributed by atoms with Gasteiger partial charge < -0.3 is 9.52 Å². The minimum absolute atomic E-state index is 0.0976. The first kappa shape index (κ1) is 14.1. The number of carboxylic acids is 1. The highest BCUT2D eigenvalue weighted by molar-refractivity contribution is 5.77. The summed E-state index contributed by atoms with van der Waals surface area (Å²) < 4.78 is 5.94. The molecule has 112 valence electrons. The molecule has 0 spiro atoms. The molecule has 2 aromatic rings. The van der Waals surface area contributed by atoms with Crippen LogP contribution >= 0.6 is 0 Å². The summed E-state index contributed by atoms with van der Waals surface area (Å²) in [5.74, 6) is -0.147. The van der Waals surface area contributed by atoms with E-state index in [0.29, 0.717) is 11.8 Å². The molecule has 21 heavy (non-hydrogen) atoms. The molecule has 1 aliphatic carbocycles. The summed E-state index contributed by atoms with van der Waals surface area (Å²) in [5, 5.41) is 9.46. The Kier molecular flexibility index (Phi) is 3.47. The zero-order chi connectivity index (χ0) is 15.1. The molecule has 3 rings (SSSR count). The number of aryl methyl sites for hydroxylation is 2. The predicted octanol–water partition coefficient (Wildman–Crippen LogP) is 4.05. The fraction of sp³-hybridized carbons (Fsp3) is 0.529. The average molecular weight is 287 g/mol. The van der Waals surface area contributed by atoms with Crippen molar-refractivity contribution in [1.29, 1.82) is 0 Å². The summed E-state index contributed by atoms with van der Waals surface area (Å²) in [7, 11) is 0. The number of nitrogens with zero attached hydrogens (tertiary/aromatic N) is 1. The van der Waals surface area contributed by atoms with Crippen LogP contribution in [-0.4, -0.2) is 16.1 Å². The number of aromatic nitrogens is 1. The summed E-state index contributed by atoms with van der Waals surface area (Å²) in [4.78, 5) is 16.1. The molecule has 1 N–H and O–H groups in total. The lowest BCUT2D eigenvalue weighted by Gasteiger charge is -2.10. The fourth-order valence-corrected chi connectivity index (χ4v) is 3.57. The molecular weight excluding hydrogens is 266 g/mol. The maximum absolute atomic E-state index is 11.5. The van der Waals surface area contributed by atoms with Crippen molar-refractivity contribution in [2.45, 2.75) is 46.0 Å². The second-order valence-electron chi connectivity index (χ2n) is 6.28. The van der Waals surface area contributed by atoms with Gasteiger partial charge in [-0.1, -0.05) is 19.4 Å². The lowest BCUT2D eigenvalue weighted by molar-refractivity contribution is -0.142. The number of oxazole rings is 1. The van der Waals surface area contributed by atoms with Crippen LogP contribution in [0.25, 0.3) is 11.1 Å². The van der Waals surface area contributed by atoms with Crippen molar-refractivity contribution in [3.05, 3.63) is 29.2 Å². The Morgan fingerprint density at radius 1 is 1.38 bits per heavy atom. The number of hydrogen-bond acceptors (Lipinski definition) is 3. The van der Waals surface area contributed by atoms with Crippen LogP contribution in [0.1, 0.15) is 49.1 Å². The Balaban J connectivity index is 2.02. The van der Waals surface area contributed by atoms with E-state index in [2.05, 4.69) is 18.0 Å². The average Bonchev–Trinajstić information content (AvgIpc) is 3.01. The lowest BCUT2D eigenvalue weighted by atomic mass is 9.96. The quantitative estimate of drug-likeness (QED) is 0.925. The molecule has 3 unspecified atom stereocenters. The third-order valence-corrected chi connectivity index (χ3v) is 4.71. The van der Waals surface area contributed by atoms with Crippen molar-refractivity contribution >= 4 is 17.1 Å². The third kappa shape index (κ3) is 2.43. The normalized spacial score (nSPS) is 25.6. The highest BCUT2D eigenvalue weighted by Crippen LogP contribution is 2.45. The molecule has 0 saturated heterocycles. The van der Waals surface area contributed by atoms with Gasteiger partial charge in [0.05, 0.1) is 5.92 Å². The van der Waals surface area contributed by atoms with Crippen LogP contribution in [0.3, 0.4) is 0 Å². The number of carbonyl (C=O) groups is 1. The van der Waals surface area contributed by atoms with E-state index < -0.39 is 5.97 Å². The van der Waals surface area contributed by atoms with E-state index in [9.17, 15) is 9.90 Å². The van der Waals surface area contributed by atoms with E-state index in [-0.39, 0.29) is 11.8 Å². The number of benzene rings is 1. The molecule has 1 aromatic heterocycles. The molecule has 0 amide bonds. The molecule has 1 heterocycles. The Morgan fingerprint density at radius 3 is 2.81 bits per heavy atom. The molecule has 0 bridgehead atoms. The number of hydrogen-bond donors (Lipinski definition) is 1. The molecule has 1 fully saturated rings. The van der Waals surface area contributed by atoms with Gasteiger partial charge in [-0.15, -0.1) is 0 Å². The van der Waals surface area contributed by atoms with E-state index in [0.717, 1.165) is 41.5 Å². The van der Waals surface area contributed by atoms with Crippen LogP contribution < -0.4 is 0 Å². The SMILES string of the molecule is CCC1CC(C(=O)O)C(c2nc3cc(C)cc(C)c3o2)C1. The van der Waals surface area contributed by atoms with Gasteiger partial charge in [0, 0.05) is 5.92 Å². The molecule has 4 heteroatoms. The minimum Gasteiger partial charge on any atom is -0.481 e. The Morgan fingerprint density at radius 2 is 2.14 bits per heavy atom. The number of aliphatic carboxylic acids is 1. The van der Waals surface area contributed by atoms with Gasteiger partial charge in [-0.25, -0.2) is 4.98 Å². The van der Waals surface area contributed by atoms with Crippen LogP contribution in [0.2, 0.25) is 0 Å². The summed E-state index contributed by atoms with van der Waals surface area (Å²) in [6.07, 6.45) is 2.60. The van der Waals surface area contributed by atoms with Crippen molar-refractivity contribution in [2.75, 3.05) is 0 Å². The van der Waals surface area contributed by atoms with Crippen molar-refractivity contribution in [1.82, 2.24) is 4.98 Å². The first-order valence-electron chi connectivity index (χ1n) is 7.60. The van der Waals surface area contributed by atoms with E-state index in [1.807, 2.05) is 19.9 Å². The molecule has 0 radical (unpaired) electrons. The monoisotopic (exact) mass is 287 g/mol. The van der Waals surface area contributed by atoms with Crippen molar-refractivity contribution in [3.8, 4) is 0 Å². The molecule has 1 saturated carbocycles. The van der Waals surface area contributed by atoms with E-state index in [1.54, 1.807) is 0 Å². The molecule has 4 nitrogen and oxygen atoms in total. The van der Waals surface area contributed by atoms with Crippen LogP contribution in [-0.2, 0) is 4.79 Å². The molecule has 3 atom stereocenters. The third-order valence-electron chi connectivity index (χ3n) is 4.71. The minimum atomic E-state index is -0.730. The second-order valence-corrected chi connectivity index (χ2v) is 6.28. The maximum atomic E-state index is 11.5. The van der Waals surface area contributed by atoms with Crippen LogP contribution in [0.4, 0.5) is 0 Å². The highest BCUT2D eigenvalue weighted by Gasteiger charge is 2.41. The topological polar surface area (TPSA) is 63.3 Å². The van der Waals surface area contributed by atoms with Gasteiger partial charge in [-0.3, -0.25) is 4.79 Å². The molecular formula is C17H21NO3. The van der Waals surface area contributed by atoms with Crippen molar-refractivity contribution in [3.63, 3.8) is 0 Å². The van der Waals surface area contributed by atoms with Crippen molar-refractivity contribution < 1.29 is 14.3 Å². The summed E-state index contributed by atoms with van der Waals surface area (Å²) in [5.41, 5.74) is 3.83. The largest absolute Gasteiger partial charge is 0.481 e. The van der Waals surface area contributed by atoms with Gasteiger partial charge >= 0.3 is 5.97 Å². The lowest BCUT2D eigenvalue weighted by Crippen LogP contribution is -2.17. The van der Waals surface area contributed by atoms with Gasteiger partial charge in [0.15, 0.2) is 11.5 Å². The predicted molar refractivity (Wildman–Crippen MR) is 80.4 cm³/mol. The zero-order valence-corrected chi connectivity index (χ0v) is 12.7. The number of carboxylic acid groups (broad SMARTS) is 1. The van der Waals surface area contributed by atoms with Crippen molar-refractivity contribution in [2.24, 2.45) is 11.8 Å². The Bertz CT molecular complexity index is 689. The molecule has 1 aliphatic rings. The Hall–Kier alpha value is -1.84. The first-order chi connectivity index (χ1) is 9.99. The van der Waals surface area contributed by atoms with Crippen LogP contribution in [0, 0.1) is 25.7 Å². The van der Waals surface area contributed by atoms with Gasteiger partial charge in [0.2, 0.25) is 0 Å². The fourth-order valence-electron chi connectivity index (χ4n) is 3.57.